The fourth-order valence-electron chi connectivity index (χ4n) is 1.30. The Morgan fingerprint density at radius 2 is 2.05 bits per heavy atom. The quantitative estimate of drug-likeness (QED) is 0.664. The Hall–Kier alpha value is -1.92. The van der Waals surface area contributed by atoms with Gasteiger partial charge >= 0.3 is 12.1 Å². The Bertz CT molecular complexity index is 446. The Labute approximate surface area is 108 Å². The number of rotatable bonds is 5. The highest BCUT2D eigenvalue weighted by atomic mass is 19.4. The molecule has 19 heavy (non-hydrogen) atoms. The second kappa shape index (κ2) is 6.31. The van der Waals surface area contributed by atoms with Gasteiger partial charge in [0.05, 0.1) is 25.2 Å². The Kier molecular flexibility index (Phi) is 5.02. The van der Waals surface area contributed by atoms with Crippen LogP contribution in [-0.4, -0.2) is 25.4 Å². The minimum Gasteiger partial charge on any atom is -0.493 e. The molecule has 0 aliphatic rings. The molecule has 106 valence electrons. The van der Waals surface area contributed by atoms with Crippen molar-refractivity contribution in [2.24, 2.45) is 0 Å². The third kappa shape index (κ3) is 5.07. The van der Waals surface area contributed by atoms with Crippen molar-refractivity contribution in [2.75, 3.05) is 18.9 Å². The summed E-state index contributed by atoms with van der Waals surface area (Å²) < 4.78 is 45.6. The van der Waals surface area contributed by atoms with Gasteiger partial charge in [0, 0.05) is 5.69 Å². The van der Waals surface area contributed by atoms with Crippen LogP contribution < -0.4 is 10.5 Å². The lowest BCUT2D eigenvalue weighted by molar-refractivity contribution is -0.139. The van der Waals surface area contributed by atoms with E-state index in [9.17, 15) is 18.0 Å². The predicted octanol–water partition coefficient (Wildman–Crippen LogP) is 2.78. The molecule has 0 atom stereocenters. The van der Waals surface area contributed by atoms with Gasteiger partial charge in [-0.1, -0.05) is 0 Å². The average Bonchev–Trinajstić information content (AvgIpc) is 2.30. The molecular formula is C12H14F3NO3. The third-order valence-corrected chi connectivity index (χ3v) is 2.17. The van der Waals surface area contributed by atoms with Crippen molar-refractivity contribution >= 4 is 11.7 Å². The molecule has 4 nitrogen and oxygen atoms in total. The molecule has 0 aliphatic carbocycles. The summed E-state index contributed by atoms with van der Waals surface area (Å²) in [6.07, 6.45) is -5.34. The number of carbonyl (C=O) groups is 1. The molecule has 1 aromatic carbocycles. The van der Waals surface area contributed by atoms with Crippen molar-refractivity contribution in [3.8, 4) is 5.75 Å². The largest absolute Gasteiger partial charge is 0.493 e. The van der Waals surface area contributed by atoms with Crippen LogP contribution in [0.3, 0.4) is 0 Å². The molecule has 2 N–H and O–H groups in total. The van der Waals surface area contributed by atoms with Crippen LogP contribution in [0.15, 0.2) is 18.2 Å². The van der Waals surface area contributed by atoms with Crippen LogP contribution in [0.2, 0.25) is 0 Å². The number of esters is 1. The maximum Gasteiger partial charge on any atom is 0.392 e. The fourth-order valence-corrected chi connectivity index (χ4v) is 1.30. The van der Waals surface area contributed by atoms with E-state index in [1.807, 2.05) is 0 Å². The molecule has 0 saturated heterocycles. The summed E-state index contributed by atoms with van der Waals surface area (Å²) in [5, 5.41) is 0. The zero-order valence-electron chi connectivity index (χ0n) is 10.3. The molecule has 0 aliphatic heterocycles. The number of hydrogen-bond donors (Lipinski definition) is 1. The van der Waals surface area contributed by atoms with Gasteiger partial charge in [0.1, 0.15) is 5.75 Å². The molecule has 0 spiro atoms. The Morgan fingerprint density at radius 3 is 2.63 bits per heavy atom. The van der Waals surface area contributed by atoms with Gasteiger partial charge in [-0.25, -0.2) is 4.79 Å². The molecular weight excluding hydrogens is 263 g/mol. The van der Waals surface area contributed by atoms with Crippen molar-refractivity contribution < 1.29 is 27.4 Å². The lowest BCUT2D eigenvalue weighted by Crippen LogP contribution is -2.13. The summed E-state index contributed by atoms with van der Waals surface area (Å²) in [7, 11) is 0. The lowest BCUT2D eigenvalue weighted by Gasteiger charge is -2.11. The fraction of sp³-hybridized carbons (Fsp3) is 0.417. The zero-order valence-corrected chi connectivity index (χ0v) is 10.3. The van der Waals surface area contributed by atoms with E-state index < -0.39 is 25.2 Å². The summed E-state index contributed by atoms with van der Waals surface area (Å²) in [6.45, 7) is 1.30. The van der Waals surface area contributed by atoms with Gasteiger partial charge in [0.15, 0.2) is 0 Å². The van der Waals surface area contributed by atoms with Crippen molar-refractivity contribution in [2.45, 2.75) is 19.5 Å². The molecule has 0 radical (unpaired) electrons. The normalized spacial score (nSPS) is 11.2. The molecule has 0 amide bonds. The highest BCUT2D eigenvalue weighted by Gasteiger charge is 2.26. The van der Waals surface area contributed by atoms with Crippen LogP contribution in [-0.2, 0) is 4.74 Å². The van der Waals surface area contributed by atoms with Crippen molar-refractivity contribution in [3.63, 3.8) is 0 Å². The van der Waals surface area contributed by atoms with Crippen LogP contribution in [0.1, 0.15) is 23.7 Å². The van der Waals surface area contributed by atoms with Crippen LogP contribution in [0, 0.1) is 0 Å². The monoisotopic (exact) mass is 277 g/mol. The van der Waals surface area contributed by atoms with E-state index in [0.717, 1.165) is 0 Å². The number of hydrogen-bond acceptors (Lipinski definition) is 4. The number of carbonyl (C=O) groups excluding carboxylic acids is 1. The minimum atomic E-state index is -4.28. The SMILES string of the molecule is CCOC(=O)c1cc(OCCC(F)(F)F)ccc1N. The molecule has 1 aromatic rings. The summed E-state index contributed by atoms with van der Waals surface area (Å²) >= 11 is 0. The average molecular weight is 277 g/mol. The van der Waals surface area contributed by atoms with Gasteiger partial charge in [-0.15, -0.1) is 0 Å². The maximum absolute atomic E-state index is 12.0. The van der Waals surface area contributed by atoms with Crippen LogP contribution >= 0.6 is 0 Å². The second-order valence-corrected chi connectivity index (χ2v) is 3.68. The summed E-state index contributed by atoms with van der Waals surface area (Å²) in [6, 6.07) is 4.05. The number of nitrogens with two attached hydrogens (primary N) is 1. The van der Waals surface area contributed by atoms with E-state index in [0.29, 0.717) is 0 Å². The number of halogens is 3. The highest BCUT2D eigenvalue weighted by Crippen LogP contribution is 2.23. The second-order valence-electron chi connectivity index (χ2n) is 3.68. The van der Waals surface area contributed by atoms with Crippen molar-refractivity contribution in [1.29, 1.82) is 0 Å². The first-order chi connectivity index (χ1) is 8.83. The first kappa shape index (κ1) is 15.1. The van der Waals surface area contributed by atoms with Crippen LogP contribution in [0.4, 0.5) is 18.9 Å². The van der Waals surface area contributed by atoms with E-state index in [4.69, 9.17) is 15.2 Å². The summed E-state index contributed by atoms with van der Waals surface area (Å²) in [5.41, 5.74) is 5.84. The standard InChI is InChI=1S/C12H14F3NO3/c1-2-18-11(17)9-7-8(3-4-10(9)16)19-6-5-12(13,14)15/h3-4,7H,2,5-6,16H2,1H3. The molecule has 0 fully saturated rings. The first-order valence-electron chi connectivity index (χ1n) is 5.59. The first-order valence-corrected chi connectivity index (χ1v) is 5.59. The number of ether oxygens (including phenoxy) is 2. The van der Waals surface area contributed by atoms with E-state index in [2.05, 4.69) is 0 Å². The summed E-state index contributed by atoms with van der Waals surface area (Å²) in [4.78, 5) is 11.5. The van der Waals surface area contributed by atoms with Gasteiger partial charge in [-0.05, 0) is 25.1 Å². The molecule has 0 bridgehead atoms. The molecule has 7 heteroatoms. The number of nitrogen functional groups attached to an aromatic ring is 1. The number of benzene rings is 1. The smallest absolute Gasteiger partial charge is 0.392 e. The van der Waals surface area contributed by atoms with Gasteiger partial charge < -0.3 is 15.2 Å². The molecule has 1 rings (SSSR count). The number of anilines is 1. The van der Waals surface area contributed by atoms with E-state index >= 15 is 0 Å². The van der Waals surface area contributed by atoms with Crippen molar-refractivity contribution in [3.05, 3.63) is 23.8 Å². The Balaban J connectivity index is 2.71. The molecule has 0 unspecified atom stereocenters. The maximum atomic E-state index is 12.0. The molecule has 0 saturated carbocycles. The minimum absolute atomic E-state index is 0.0753. The van der Waals surface area contributed by atoms with Gasteiger partial charge in [0.2, 0.25) is 0 Å². The number of alkyl halides is 3. The topological polar surface area (TPSA) is 61.5 Å². The zero-order chi connectivity index (χ0) is 14.5. The summed E-state index contributed by atoms with van der Waals surface area (Å²) in [5.74, 6) is -0.497. The lowest BCUT2D eigenvalue weighted by atomic mass is 10.1. The van der Waals surface area contributed by atoms with E-state index in [-0.39, 0.29) is 23.6 Å². The van der Waals surface area contributed by atoms with E-state index in [1.54, 1.807) is 6.92 Å². The molecule has 0 heterocycles. The van der Waals surface area contributed by atoms with Gasteiger partial charge in [-0.3, -0.25) is 0 Å². The van der Waals surface area contributed by atoms with Gasteiger partial charge in [0.25, 0.3) is 0 Å². The highest BCUT2D eigenvalue weighted by molar-refractivity contribution is 5.95. The van der Waals surface area contributed by atoms with Crippen LogP contribution in [0.5, 0.6) is 5.75 Å². The Morgan fingerprint density at radius 1 is 1.37 bits per heavy atom. The molecule has 0 aromatic heterocycles. The van der Waals surface area contributed by atoms with E-state index in [1.165, 1.54) is 18.2 Å². The van der Waals surface area contributed by atoms with Gasteiger partial charge in [-0.2, -0.15) is 13.2 Å². The predicted molar refractivity (Wildman–Crippen MR) is 63.0 cm³/mol. The third-order valence-electron chi connectivity index (χ3n) is 2.17. The van der Waals surface area contributed by atoms with Crippen molar-refractivity contribution in [1.82, 2.24) is 0 Å². The van der Waals surface area contributed by atoms with Crippen LogP contribution in [0.25, 0.3) is 0 Å².